The highest BCUT2D eigenvalue weighted by atomic mass is 35.5. The highest BCUT2D eigenvalue weighted by Crippen LogP contribution is 2.52. The van der Waals surface area contributed by atoms with Crippen molar-refractivity contribution in [1.82, 2.24) is 0 Å². The Morgan fingerprint density at radius 3 is 2.27 bits per heavy atom. The average molecular weight is 245 g/mol. The lowest BCUT2D eigenvalue weighted by Crippen LogP contribution is -2.20. The van der Waals surface area contributed by atoms with Crippen molar-refractivity contribution in [2.75, 3.05) is 0 Å². The van der Waals surface area contributed by atoms with E-state index >= 15 is 0 Å². The van der Waals surface area contributed by atoms with Crippen molar-refractivity contribution in [2.45, 2.75) is 32.3 Å². The van der Waals surface area contributed by atoms with E-state index in [4.69, 9.17) is 23.2 Å². The Kier molecular flexibility index (Phi) is 2.98. The van der Waals surface area contributed by atoms with Crippen molar-refractivity contribution < 1.29 is 5.11 Å². The largest absolute Gasteiger partial charge is 0.393 e. The van der Waals surface area contributed by atoms with Crippen LogP contribution in [0.2, 0.25) is 10.0 Å². The first-order valence-corrected chi connectivity index (χ1v) is 5.92. The second-order valence-corrected chi connectivity index (χ2v) is 5.23. The maximum atomic E-state index is 9.70. The van der Waals surface area contributed by atoms with Crippen LogP contribution in [0.25, 0.3) is 0 Å². The molecule has 2 rings (SSSR count). The molecule has 82 valence electrons. The van der Waals surface area contributed by atoms with Crippen LogP contribution in [-0.4, -0.2) is 11.2 Å². The van der Waals surface area contributed by atoms with Crippen LogP contribution in [0.15, 0.2) is 18.2 Å². The van der Waals surface area contributed by atoms with Crippen molar-refractivity contribution in [3.05, 3.63) is 33.8 Å². The first-order chi connectivity index (χ1) is 7.05. The molecule has 1 fully saturated rings. The zero-order chi connectivity index (χ0) is 11.1. The van der Waals surface area contributed by atoms with Crippen LogP contribution < -0.4 is 0 Å². The van der Waals surface area contributed by atoms with Crippen molar-refractivity contribution in [1.29, 1.82) is 0 Å². The molecule has 1 aromatic rings. The highest BCUT2D eigenvalue weighted by Gasteiger charge is 2.47. The molecule has 1 aliphatic rings. The van der Waals surface area contributed by atoms with Crippen LogP contribution in [0.5, 0.6) is 0 Å². The molecule has 0 aliphatic heterocycles. The minimum atomic E-state index is -0.287. The fourth-order valence-electron chi connectivity index (χ4n) is 1.96. The summed E-state index contributed by atoms with van der Waals surface area (Å²) >= 11 is 12.2. The summed E-state index contributed by atoms with van der Waals surface area (Å²) in [5.74, 6) is 0. The number of hydrogen-bond acceptors (Lipinski definition) is 1. The lowest BCUT2D eigenvalue weighted by molar-refractivity contribution is 0.110. The smallest absolute Gasteiger partial charge is 0.0571 e. The lowest BCUT2D eigenvalue weighted by Gasteiger charge is -2.19. The zero-order valence-electron chi connectivity index (χ0n) is 8.63. The van der Waals surface area contributed by atoms with Crippen LogP contribution >= 0.6 is 23.2 Å². The van der Waals surface area contributed by atoms with Crippen LogP contribution in [-0.2, 0) is 6.42 Å². The zero-order valence-corrected chi connectivity index (χ0v) is 10.1. The van der Waals surface area contributed by atoms with Gasteiger partial charge in [0.25, 0.3) is 0 Å². The number of aliphatic hydroxyl groups excluding tert-OH is 1. The van der Waals surface area contributed by atoms with Crippen LogP contribution in [0.1, 0.15) is 25.3 Å². The van der Waals surface area contributed by atoms with Gasteiger partial charge in [0, 0.05) is 15.5 Å². The van der Waals surface area contributed by atoms with E-state index in [1.54, 1.807) is 0 Å². The van der Waals surface area contributed by atoms with E-state index in [0.717, 1.165) is 24.8 Å². The van der Waals surface area contributed by atoms with E-state index in [1.165, 1.54) is 0 Å². The van der Waals surface area contributed by atoms with Crippen molar-refractivity contribution in [2.24, 2.45) is 5.41 Å². The Morgan fingerprint density at radius 1 is 1.33 bits per heavy atom. The molecule has 0 radical (unpaired) electrons. The molecule has 0 amide bonds. The van der Waals surface area contributed by atoms with Gasteiger partial charge >= 0.3 is 0 Å². The monoisotopic (exact) mass is 244 g/mol. The van der Waals surface area contributed by atoms with Gasteiger partial charge in [-0.25, -0.2) is 0 Å². The summed E-state index contributed by atoms with van der Waals surface area (Å²) in [5, 5.41) is 11.1. The molecule has 0 spiro atoms. The second kappa shape index (κ2) is 3.97. The number of benzene rings is 1. The maximum absolute atomic E-state index is 9.70. The van der Waals surface area contributed by atoms with Gasteiger partial charge in [-0.1, -0.05) is 29.3 Å². The SMILES string of the molecule is CC(O)C1(Cc2c(Cl)cccc2Cl)CC1. The Hall–Kier alpha value is -0.240. The molecule has 1 atom stereocenters. The summed E-state index contributed by atoms with van der Waals surface area (Å²) in [4.78, 5) is 0. The first kappa shape index (κ1) is 11.3. The molecule has 1 aliphatic carbocycles. The third-order valence-corrected chi connectivity index (χ3v) is 4.08. The summed E-state index contributed by atoms with van der Waals surface area (Å²) in [6.07, 6.45) is 2.62. The van der Waals surface area contributed by atoms with Gasteiger partial charge in [-0.2, -0.15) is 0 Å². The summed E-state index contributed by atoms with van der Waals surface area (Å²) in [7, 11) is 0. The molecule has 1 N–H and O–H groups in total. The van der Waals surface area contributed by atoms with Gasteiger partial charge in [-0.3, -0.25) is 0 Å². The summed E-state index contributed by atoms with van der Waals surface area (Å²) in [6.45, 7) is 1.84. The van der Waals surface area contributed by atoms with Gasteiger partial charge in [-0.05, 0) is 43.9 Å². The van der Waals surface area contributed by atoms with E-state index in [-0.39, 0.29) is 11.5 Å². The van der Waals surface area contributed by atoms with E-state index in [0.29, 0.717) is 10.0 Å². The van der Waals surface area contributed by atoms with E-state index < -0.39 is 0 Å². The van der Waals surface area contributed by atoms with Gasteiger partial charge < -0.3 is 5.11 Å². The molecule has 1 saturated carbocycles. The third-order valence-electron chi connectivity index (χ3n) is 3.37. The van der Waals surface area contributed by atoms with Crippen LogP contribution in [0, 0.1) is 5.41 Å². The van der Waals surface area contributed by atoms with Crippen LogP contribution in [0.4, 0.5) is 0 Å². The van der Waals surface area contributed by atoms with Gasteiger partial charge in [0.1, 0.15) is 0 Å². The number of rotatable bonds is 3. The highest BCUT2D eigenvalue weighted by molar-refractivity contribution is 6.36. The topological polar surface area (TPSA) is 20.2 Å². The van der Waals surface area contributed by atoms with Crippen molar-refractivity contribution >= 4 is 23.2 Å². The average Bonchev–Trinajstić information content (AvgIpc) is 2.93. The molecular weight excluding hydrogens is 231 g/mol. The number of aliphatic hydroxyl groups is 1. The predicted molar refractivity (Wildman–Crippen MR) is 63.5 cm³/mol. The van der Waals surface area contributed by atoms with Crippen LogP contribution in [0.3, 0.4) is 0 Å². The minimum Gasteiger partial charge on any atom is -0.393 e. The quantitative estimate of drug-likeness (QED) is 0.860. The Balaban J connectivity index is 2.25. The minimum absolute atomic E-state index is 0.0225. The van der Waals surface area contributed by atoms with Gasteiger partial charge in [0.05, 0.1) is 6.10 Å². The Bertz CT molecular complexity index is 350. The summed E-state index contributed by atoms with van der Waals surface area (Å²) in [6, 6.07) is 5.54. The lowest BCUT2D eigenvalue weighted by atomic mass is 9.91. The summed E-state index contributed by atoms with van der Waals surface area (Å²) < 4.78 is 0. The van der Waals surface area contributed by atoms with Crippen molar-refractivity contribution in [3.8, 4) is 0 Å². The van der Waals surface area contributed by atoms with E-state index in [9.17, 15) is 5.11 Å². The fourth-order valence-corrected chi connectivity index (χ4v) is 2.49. The third kappa shape index (κ3) is 2.15. The predicted octanol–water partition coefficient (Wildman–Crippen LogP) is 3.70. The molecular formula is C12H14Cl2O. The molecule has 1 nitrogen and oxygen atoms in total. The number of halogens is 2. The maximum Gasteiger partial charge on any atom is 0.0571 e. The molecule has 0 saturated heterocycles. The van der Waals surface area contributed by atoms with Crippen molar-refractivity contribution in [3.63, 3.8) is 0 Å². The Morgan fingerprint density at radius 2 is 1.87 bits per heavy atom. The van der Waals surface area contributed by atoms with E-state index in [2.05, 4.69) is 0 Å². The fraction of sp³-hybridized carbons (Fsp3) is 0.500. The van der Waals surface area contributed by atoms with E-state index in [1.807, 2.05) is 25.1 Å². The standard InChI is InChI=1S/C12H14Cl2O/c1-8(15)12(5-6-12)7-9-10(13)3-2-4-11(9)14/h2-4,8,15H,5-7H2,1H3. The molecule has 1 unspecified atom stereocenters. The van der Waals surface area contributed by atoms with Gasteiger partial charge in [-0.15, -0.1) is 0 Å². The Labute approximate surface area is 100 Å². The normalized spacial score (nSPS) is 20.0. The van der Waals surface area contributed by atoms with Gasteiger partial charge in [0.2, 0.25) is 0 Å². The molecule has 15 heavy (non-hydrogen) atoms. The molecule has 0 heterocycles. The summed E-state index contributed by atoms with van der Waals surface area (Å²) in [5.41, 5.74) is 0.994. The molecule has 0 aromatic heterocycles. The second-order valence-electron chi connectivity index (χ2n) is 4.42. The molecule has 0 bridgehead atoms. The van der Waals surface area contributed by atoms with Gasteiger partial charge in [0.15, 0.2) is 0 Å². The first-order valence-electron chi connectivity index (χ1n) is 5.16. The number of hydrogen-bond donors (Lipinski definition) is 1. The molecule has 3 heteroatoms. The molecule has 1 aromatic carbocycles.